The third-order valence-electron chi connectivity index (χ3n) is 4.72. The number of aromatic hydroxyl groups is 1. The van der Waals surface area contributed by atoms with Gasteiger partial charge in [-0.3, -0.25) is 4.79 Å². The molecule has 2 aromatic carbocycles. The molecule has 0 atom stereocenters. The van der Waals surface area contributed by atoms with Gasteiger partial charge >= 0.3 is 0 Å². The zero-order valence-corrected chi connectivity index (χ0v) is 15.1. The van der Waals surface area contributed by atoms with Crippen molar-refractivity contribution < 1.29 is 14.6 Å². The first-order chi connectivity index (χ1) is 12.7. The van der Waals surface area contributed by atoms with Gasteiger partial charge in [0.1, 0.15) is 0 Å². The molecule has 2 heterocycles. The van der Waals surface area contributed by atoms with Crippen molar-refractivity contribution in [2.75, 3.05) is 19.7 Å². The van der Waals surface area contributed by atoms with E-state index >= 15 is 0 Å². The molecule has 4 rings (SSSR count). The van der Waals surface area contributed by atoms with Crippen LogP contribution in [0.25, 0.3) is 10.2 Å². The summed E-state index contributed by atoms with van der Waals surface area (Å²) >= 11 is 1.76. The Morgan fingerprint density at radius 1 is 1.15 bits per heavy atom. The van der Waals surface area contributed by atoms with Gasteiger partial charge in [0.05, 0.1) is 15.2 Å². The molecule has 5 nitrogen and oxygen atoms in total. The third kappa shape index (κ3) is 3.51. The van der Waals surface area contributed by atoms with Crippen molar-refractivity contribution in [1.82, 2.24) is 9.88 Å². The summed E-state index contributed by atoms with van der Waals surface area (Å²) < 4.78 is 6.67. The smallest absolute Gasteiger partial charge is 0.260 e. The lowest BCUT2D eigenvalue weighted by Crippen LogP contribution is -2.40. The van der Waals surface area contributed by atoms with Crippen molar-refractivity contribution in [3.63, 3.8) is 0 Å². The van der Waals surface area contributed by atoms with Crippen molar-refractivity contribution in [2.24, 2.45) is 0 Å². The Morgan fingerprint density at radius 2 is 1.88 bits per heavy atom. The van der Waals surface area contributed by atoms with Crippen LogP contribution in [0.1, 0.15) is 23.8 Å². The van der Waals surface area contributed by atoms with Gasteiger partial charge in [-0.25, -0.2) is 4.98 Å². The van der Waals surface area contributed by atoms with E-state index in [0.29, 0.717) is 24.8 Å². The van der Waals surface area contributed by atoms with Crippen LogP contribution in [0.5, 0.6) is 11.5 Å². The number of carbonyl (C=O) groups is 1. The molecule has 0 aliphatic carbocycles. The van der Waals surface area contributed by atoms with Crippen molar-refractivity contribution in [1.29, 1.82) is 0 Å². The van der Waals surface area contributed by atoms with Gasteiger partial charge in [0, 0.05) is 19.0 Å². The average Bonchev–Trinajstić information content (AvgIpc) is 3.11. The molecule has 0 spiro atoms. The van der Waals surface area contributed by atoms with Gasteiger partial charge in [0.25, 0.3) is 5.91 Å². The van der Waals surface area contributed by atoms with E-state index in [1.54, 1.807) is 35.6 Å². The number of likely N-dealkylation sites (tertiary alicyclic amines) is 1. The molecular weight excluding hydrogens is 348 g/mol. The largest absolute Gasteiger partial charge is 0.504 e. The second-order valence-electron chi connectivity index (χ2n) is 6.43. The van der Waals surface area contributed by atoms with E-state index in [-0.39, 0.29) is 18.3 Å². The number of hydrogen-bond donors (Lipinski definition) is 1. The van der Waals surface area contributed by atoms with Gasteiger partial charge in [-0.2, -0.15) is 0 Å². The average molecular weight is 368 g/mol. The molecule has 1 aliphatic heterocycles. The number of hydrogen-bond acceptors (Lipinski definition) is 5. The molecule has 1 saturated heterocycles. The van der Waals surface area contributed by atoms with Gasteiger partial charge in [0.15, 0.2) is 18.1 Å². The monoisotopic (exact) mass is 368 g/mol. The molecule has 1 aliphatic rings. The van der Waals surface area contributed by atoms with E-state index in [2.05, 4.69) is 6.07 Å². The van der Waals surface area contributed by atoms with Crippen LogP contribution < -0.4 is 4.74 Å². The zero-order chi connectivity index (χ0) is 17.9. The number of piperidine rings is 1. The minimum Gasteiger partial charge on any atom is -0.504 e. The molecule has 1 N–H and O–H groups in total. The number of amides is 1. The van der Waals surface area contributed by atoms with E-state index in [9.17, 15) is 9.90 Å². The summed E-state index contributed by atoms with van der Waals surface area (Å²) in [5, 5.41) is 10.9. The lowest BCUT2D eigenvalue weighted by Gasteiger charge is -2.31. The quantitative estimate of drug-likeness (QED) is 0.761. The summed E-state index contributed by atoms with van der Waals surface area (Å²) in [7, 11) is 0. The Bertz CT molecular complexity index is 883. The Kier molecular flexibility index (Phi) is 4.75. The lowest BCUT2D eigenvalue weighted by molar-refractivity contribution is -0.134. The Hall–Kier alpha value is -2.60. The Labute approximate surface area is 155 Å². The molecule has 0 radical (unpaired) electrons. The number of rotatable bonds is 4. The Balaban J connectivity index is 1.33. The molecule has 0 bridgehead atoms. The van der Waals surface area contributed by atoms with Crippen LogP contribution in [0, 0.1) is 0 Å². The summed E-state index contributed by atoms with van der Waals surface area (Å²) in [6.07, 6.45) is 1.84. The first kappa shape index (κ1) is 16.8. The lowest BCUT2D eigenvalue weighted by atomic mass is 9.97. The standard InChI is InChI=1S/C20H20N2O3S/c23-16-6-2-3-7-17(16)25-13-19(24)22-11-9-14(10-12-22)20-21-15-5-1-4-8-18(15)26-20/h1-8,14,23H,9-13H2. The van der Waals surface area contributed by atoms with Gasteiger partial charge in [-0.15, -0.1) is 11.3 Å². The van der Waals surface area contributed by atoms with Gasteiger partial charge < -0.3 is 14.7 Å². The summed E-state index contributed by atoms with van der Waals surface area (Å²) in [6, 6.07) is 14.9. The second-order valence-corrected chi connectivity index (χ2v) is 7.49. The number of para-hydroxylation sites is 3. The van der Waals surface area contributed by atoms with Gasteiger partial charge in [-0.05, 0) is 37.1 Å². The first-order valence-corrected chi connectivity index (χ1v) is 9.56. The number of carbonyl (C=O) groups excluding carboxylic acids is 1. The van der Waals surface area contributed by atoms with E-state index in [1.165, 1.54) is 9.71 Å². The van der Waals surface area contributed by atoms with E-state index in [1.807, 2.05) is 23.1 Å². The number of fused-ring (bicyclic) bond motifs is 1. The zero-order valence-electron chi connectivity index (χ0n) is 14.3. The van der Waals surface area contributed by atoms with Crippen molar-refractivity contribution in [2.45, 2.75) is 18.8 Å². The highest BCUT2D eigenvalue weighted by atomic mass is 32.1. The number of aromatic nitrogens is 1. The van der Waals surface area contributed by atoms with Crippen LogP contribution in [0.15, 0.2) is 48.5 Å². The highest BCUT2D eigenvalue weighted by molar-refractivity contribution is 7.18. The summed E-state index contributed by atoms with van der Waals surface area (Å²) in [5.74, 6) is 0.756. The third-order valence-corrected chi connectivity index (χ3v) is 5.92. The number of nitrogens with zero attached hydrogens (tertiary/aromatic N) is 2. The molecule has 0 saturated carbocycles. The van der Waals surface area contributed by atoms with Gasteiger partial charge in [-0.1, -0.05) is 24.3 Å². The van der Waals surface area contributed by atoms with Gasteiger partial charge in [0.2, 0.25) is 0 Å². The maximum absolute atomic E-state index is 12.4. The molecule has 1 amide bonds. The van der Waals surface area contributed by atoms with Crippen LogP contribution in [-0.2, 0) is 4.79 Å². The highest BCUT2D eigenvalue weighted by Gasteiger charge is 2.26. The van der Waals surface area contributed by atoms with Crippen molar-refractivity contribution in [3.8, 4) is 11.5 Å². The number of benzene rings is 2. The number of phenolic OH excluding ortho intramolecular Hbond substituents is 1. The number of phenols is 1. The normalized spacial score (nSPS) is 15.3. The molecular formula is C20H20N2O3S. The molecule has 0 unspecified atom stereocenters. The summed E-state index contributed by atoms with van der Waals surface area (Å²) in [6.45, 7) is 1.37. The summed E-state index contributed by atoms with van der Waals surface area (Å²) in [4.78, 5) is 19.0. The van der Waals surface area contributed by atoms with Crippen LogP contribution in [0.4, 0.5) is 0 Å². The molecule has 6 heteroatoms. The predicted octanol–water partition coefficient (Wildman–Crippen LogP) is 3.79. The fraction of sp³-hybridized carbons (Fsp3) is 0.300. The number of ether oxygens (including phenoxy) is 1. The summed E-state index contributed by atoms with van der Waals surface area (Å²) in [5.41, 5.74) is 1.06. The van der Waals surface area contributed by atoms with Crippen molar-refractivity contribution in [3.05, 3.63) is 53.5 Å². The Morgan fingerprint density at radius 3 is 2.65 bits per heavy atom. The maximum atomic E-state index is 12.4. The molecule has 26 heavy (non-hydrogen) atoms. The first-order valence-electron chi connectivity index (χ1n) is 8.75. The van der Waals surface area contributed by atoms with E-state index < -0.39 is 0 Å². The molecule has 1 fully saturated rings. The van der Waals surface area contributed by atoms with Crippen LogP contribution >= 0.6 is 11.3 Å². The van der Waals surface area contributed by atoms with Crippen molar-refractivity contribution >= 4 is 27.5 Å². The second kappa shape index (κ2) is 7.33. The predicted molar refractivity (Wildman–Crippen MR) is 102 cm³/mol. The minimum atomic E-state index is -0.0522. The molecule has 1 aromatic heterocycles. The van der Waals surface area contributed by atoms with Crippen LogP contribution in [-0.4, -0.2) is 40.6 Å². The van der Waals surface area contributed by atoms with E-state index in [4.69, 9.17) is 9.72 Å². The minimum absolute atomic E-state index is 0.0454. The highest BCUT2D eigenvalue weighted by Crippen LogP contribution is 2.33. The SMILES string of the molecule is O=C(COc1ccccc1O)N1CCC(c2nc3ccccc3s2)CC1. The van der Waals surface area contributed by atoms with E-state index in [0.717, 1.165) is 18.4 Å². The van der Waals surface area contributed by atoms with Crippen LogP contribution in [0.2, 0.25) is 0 Å². The van der Waals surface area contributed by atoms with Crippen LogP contribution in [0.3, 0.4) is 0 Å². The molecule has 134 valence electrons. The molecule has 3 aromatic rings. The fourth-order valence-corrected chi connectivity index (χ4v) is 4.39. The maximum Gasteiger partial charge on any atom is 0.260 e. The fourth-order valence-electron chi connectivity index (χ4n) is 3.25. The number of thiazole rings is 1. The topological polar surface area (TPSA) is 62.7 Å².